The van der Waals surface area contributed by atoms with Crippen LogP contribution in [0.25, 0.3) is 84.9 Å². The molecule has 27 heteroatoms. The van der Waals surface area contributed by atoms with E-state index in [1.54, 1.807) is 59.5 Å². The number of nitrogens with one attached hydrogen (secondary N) is 4. The van der Waals surface area contributed by atoms with Crippen LogP contribution in [0, 0.1) is 46.9 Å². The third kappa shape index (κ3) is 25.5. The molecule has 0 unspecified atom stereocenters. The highest BCUT2D eigenvalue weighted by Crippen LogP contribution is 2.46. The number of thiophene rings is 4. The molecule has 20 rings (SSSR count). The molecule has 4 aliphatic carbocycles. The Morgan fingerprint density at radius 1 is 0.340 bits per heavy atom. The van der Waals surface area contributed by atoms with Crippen LogP contribution in [0.5, 0.6) is 0 Å². The molecular weight excluding hydrogens is 2050 g/mol. The lowest BCUT2D eigenvalue weighted by Gasteiger charge is -2.37. The van der Waals surface area contributed by atoms with E-state index in [4.69, 9.17) is 52.8 Å². The molecule has 4 amide bonds. The number of terminal acetylenes is 1. The van der Waals surface area contributed by atoms with Crippen molar-refractivity contribution in [1.29, 1.82) is 5.26 Å². The van der Waals surface area contributed by atoms with Gasteiger partial charge in [0.25, 0.3) is 29.6 Å². The molecule has 4 N–H and O–H groups in total. The molecule has 0 spiro atoms. The molecule has 0 saturated heterocycles. The number of rotatable bonds is 26. The molecule has 0 aliphatic heterocycles. The van der Waals surface area contributed by atoms with Gasteiger partial charge in [0.05, 0.1) is 31.7 Å². The number of nitrogens with zero attached hydrogens (tertiary/aromatic N) is 5. The van der Waals surface area contributed by atoms with Crippen LogP contribution in [-0.2, 0) is 38.5 Å². The van der Waals surface area contributed by atoms with Gasteiger partial charge in [-0.15, -0.1) is 51.8 Å². The molecule has 4 heterocycles. The fourth-order valence-electron chi connectivity index (χ4n) is 21.0. The van der Waals surface area contributed by atoms with Crippen molar-refractivity contribution in [2.75, 3.05) is 28.2 Å². The quantitative estimate of drug-likeness (QED) is 0.0307. The summed E-state index contributed by atoms with van der Waals surface area (Å²) in [5.74, 6) is -2.32. The van der Waals surface area contributed by atoms with Gasteiger partial charge >= 0.3 is 0 Å². The van der Waals surface area contributed by atoms with Gasteiger partial charge in [-0.1, -0.05) is 229 Å². The summed E-state index contributed by atoms with van der Waals surface area (Å²) in [6.45, 7) is 3.62. The number of carbonyl (C=O) groups excluding carboxylic acids is 4. The van der Waals surface area contributed by atoms with Gasteiger partial charge in [0, 0.05) is 155 Å². The predicted octanol–water partition coefficient (Wildman–Crippen LogP) is 31.7. The Kier molecular flexibility index (Phi) is 36.4. The smallest absolute Gasteiger partial charge is 0.270 e. The lowest BCUT2D eigenvalue weighted by atomic mass is 9.89. The predicted molar refractivity (Wildman–Crippen MR) is 606 cm³/mol. The zero-order valence-electron chi connectivity index (χ0n) is 84.2. The van der Waals surface area contributed by atoms with Gasteiger partial charge in [-0.3, -0.25) is 19.2 Å². The highest BCUT2D eigenvalue weighted by molar-refractivity contribution is 7.23. The molecule has 13 nitrogen and oxygen atoms in total. The zero-order valence-corrected chi connectivity index (χ0v) is 90.5. The second kappa shape index (κ2) is 50.0. The van der Waals surface area contributed by atoms with E-state index in [0.29, 0.717) is 103 Å². The van der Waals surface area contributed by atoms with Crippen LogP contribution in [0.4, 0.5) is 26.3 Å². The van der Waals surface area contributed by atoms with Crippen molar-refractivity contribution in [2.45, 2.75) is 203 Å². The van der Waals surface area contributed by atoms with E-state index in [9.17, 15) is 33.2 Å². The number of carbonyl (C=O) groups is 4. The van der Waals surface area contributed by atoms with Crippen LogP contribution in [-0.4, -0.2) is 120 Å². The summed E-state index contributed by atoms with van der Waals surface area (Å²) in [5, 5.41) is 28.0. The Morgan fingerprint density at radius 2 is 0.593 bits per heavy atom. The van der Waals surface area contributed by atoms with E-state index < -0.39 is 11.7 Å². The van der Waals surface area contributed by atoms with Gasteiger partial charge in [0.1, 0.15) is 42.8 Å². The monoisotopic (exact) mass is 2170 g/mol. The maximum Gasteiger partial charge on any atom is 0.270 e. The van der Waals surface area contributed by atoms with Gasteiger partial charge in [-0.05, 0) is 284 Å². The fourth-order valence-corrected chi connectivity index (χ4v) is 26.8. The summed E-state index contributed by atoms with van der Waals surface area (Å²) in [6.07, 6.45) is 20.8. The summed E-state index contributed by atoms with van der Waals surface area (Å²) < 4.78 is 91.9. The summed E-state index contributed by atoms with van der Waals surface area (Å²) in [5.41, 5.74) is 11.2. The lowest BCUT2D eigenvalue weighted by molar-refractivity contribution is 0.0174. The third-order valence-corrected chi connectivity index (χ3v) is 36.5. The molecule has 150 heavy (non-hydrogen) atoms. The number of halogens is 10. The Bertz CT molecular complexity index is 7600. The first-order chi connectivity index (χ1) is 72.6. The first-order valence-electron chi connectivity index (χ1n) is 51.0. The molecule has 12 aromatic carbocycles. The van der Waals surface area contributed by atoms with Crippen molar-refractivity contribution in [1.82, 2.24) is 40.9 Å². The molecule has 4 saturated carbocycles. The number of amides is 4. The van der Waals surface area contributed by atoms with Crippen LogP contribution in [0.1, 0.15) is 200 Å². The molecule has 4 aliphatic rings. The minimum absolute atomic E-state index is 0.0105. The number of hydrogen-bond acceptors (Lipinski definition) is 13. The second-order valence-corrected chi connectivity index (χ2v) is 44.7. The van der Waals surface area contributed by atoms with Crippen LogP contribution in [0.15, 0.2) is 267 Å². The number of nitriles is 1. The molecule has 16 aromatic rings. The van der Waals surface area contributed by atoms with Crippen molar-refractivity contribution in [3.8, 4) is 62.9 Å². The van der Waals surface area contributed by atoms with Crippen LogP contribution >= 0.6 is 91.8 Å². The van der Waals surface area contributed by atoms with Crippen molar-refractivity contribution < 1.29 is 45.5 Å². The maximum atomic E-state index is 15.2. The molecule has 772 valence electrons. The van der Waals surface area contributed by atoms with Crippen LogP contribution in [0.3, 0.4) is 0 Å². The van der Waals surface area contributed by atoms with Crippen LogP contribution < -0.4 is 21.3 Å². The highest BCUT2D eigenvalue weighted by atomic mass is 35.5. The fraction of sp³-hybridized carbons (Fsp3) is 0.293. The minimum Gasteiger partial charge on any atom is -0.330 e. The topological polar surface area (TPSA) is 153 Å². The molecule has 0 atom stereocenters. The molecule has 0 radical (unpaired) electrons. The normalized spacial score (nSPS) is 17.6. The minimum atomic E-state index is -2.94. The summed E-state index contributed by atoms with van der Waals surface area (Å²) >= 11 is 32.4. The molecule has 0 bridgehead atoms. The van der Waals surface area contributed by atoms with Gasteiger partial charge in [0.2, 0.25) is 0 Å². The summed E-state index contributed by atoms with van der Waals surface area (Å²) in [6, 6.07) is 84.0. The van der Waals surface area contributed by atoms with Gasteiger partial charge < -0.3 is 40.9 Å². The first kappa shape index (κ1) is 109. The number of fused-ring (bicyclic) bond motifs is 4. The number of hydrogen-bond donors (Lipinski definition) is 4. The maximum absolute atomic E-state index is 15.2. The van der Waals surface area contributed by atoms with Crippen molar-refractivity contribution >= 4 is 156 Å². The van der Waals surface area contributed by atoms with E-state index in [2.05, 4.69) is 64.4 Å². The Morgan fingerprint density at radius 3 is 0.847 bits per heavy atom. The van der Waals surface area contributed by atoms with Gasteiger partial charge in [-0.2, -0.15) is 5.26 Å². The van der Waals surface area contributed by atoms with E-state index >= 15 is 17.6 Å². The van der Waals surface area contributed by atoms with E-state index in [1.807, 2.05) is 195 Å². The molecular formula is C123H117Cl4F6N9O4S4. The van der Waals surface area contributed by atoms with E-state index in [1.165, 1.54) is 87.3 Å². The van der Waals surface area contributed by atoms with E-state index in [-0.39, 0.29) is 97.0 Å². The van der Waals surface area contributed by atoms with Crippen molar-refractivity contribution in [3.63, 3.8) is 0 Å². The Labute approximate surface area is 909 Å². The highest BCUT2D eigenvalue weighted by Gasteiger charge is 2.39. The Balaban J connectivity index is 0.000000136. The summed E-state index contributed by atoms with van der Waals surface area (Å²) in [7, 11) is 7.87. The average molecular weight is 2170 g/mol. The van der Waals surface area contributed by atoms with Gasteiger partial charge in [-0.25, -0.2) is 26.3 Å². The molecule has 4 aromatic heterocycles. The standard InChI is InChI=1S/C31H30ClF3N2OS.C31H32ClFN2OS.C31H28ClFN2OS.C30H27ClFN3OS/c1-31(34,35)22-10-7-19(8-11-22)20-9-16-26(33)21(17-20)18-37(24-14-12-23(36-2)13-15-24)30(38)29-28(32)25-5-3-4-6-27(25)39-29;2*1-3-20-8-10-21(11-9-20)22-12-17-27(33)23(18-22)19-35(25-15-13-24(34-2)14-16-25)31(36)30-29(32)26-6-4-5-7-28(26)37-30;1-34-23-10-12-24(13-11-23)35(30(36)29-28(31)25-7-2-3-8-27(25)37-29)18-22-16-21(9-14-26(22)32)20-6-4-5-19(15-20)17-33/h3-11,16-17,23-24,36H,12-15,18H2,1-2H3;4-12,17-18,24-25,34H,3,13-16,19H2,1-2H3;1,4-12,17-18,24-25,34H,13-16,19H2,2H3;2-9,14-16,23-24,34H,10-13,18H2,1H3. The number of alkyl halides is 2. The zero-order chi connectivity index (χ0) is 106. The number of aryl methyl sites for hydroxylation is 1. The average Bonchev–Trinajstić information content (AvgIpc) is 1.50. The van der Waals surface area contributed by atoms with Crippen LogP contribution in [0.2, 0.25) is 20.1 Å². The first-order valence-corrected chi connectivity index (χ1v) is 55.8. The van der Waals surface area contributed by atoms with Crippen molar-refractivity contribution in [2.24, 2.45) is 0 Å². The molecule has 4 fully saturated rings. The lowest BCUT2D eigenvalue weighted by Crippen LogP contribution is -2.44. The Hall–Kier alpha value is -12.0. The van der Waals surface area contributed by atoms with Crippen molar-refractivity contribution in [3.05, 3.63) is 374 Å². The SMILES string of the molecule is C#Cc1ccc(-c2ccc(F)c(CN(C(=O)c3sc4ccccc4c3Cl)C3CCC(NC)CC3)c2)cc1.CCc1ccc(-c2ccc(F)c(CN(C(=O)c3sc4ccccc4c3Cl)C3CCC(NC)CC3)c2)cc1.CNC1CCC(N(Cc2cc(-c3ccc(C(C)(F)F)cc3)ccc2F)C(=O)c2sc3ccccc3c2Cl)CC1.CNC1CCC(N(Cc2cc(-c3cccc(C#N)c3)ccc2F)C(=O)c2sc3ccccc3c2Cl)CC1. The third-order valence-electron chi connectivity index (χ3n) is 29.8. The summed E-state index contributed by atoms with van der Waals surface area (Å²) in [4.78, 5) is 65.4. The number of benzene rings is 12. The second-order valence-electron chi connectivity index (χ2n) is 39.0. The largest absolute Gasteiger partial charge is 0.330 e. The van der Waals surface area contributed by atoms with Gasteiger partial charge in [0.15, 0.2) is 0 Å². The van der Waals surface area contributed by atoms with E-state index in [0.717, 1.165) is 195 Å².